The van der Waals surface area contributed by atoms with Crippen LogP contribution >= 0.6 is 46.6 Å². The van der Waals surface area contributed by atoms with Gasteiger partial charge in [0.05, 0.1) is 15.8 Å². The summed E-state index contributed by atoms with van der Waals surface area (Å²) >= 11 is 19.7. The molecule has 0 radical (unpaired) electrons. The van der Waals surface area contributed by atoms with Crippen molar-refractivity contribution in [3.05, 3.63) is 68.7 Å². The summed E-state index contributed by atoms with van der Waals surface area (Å²) in [7, 11) is 0. The van der Waals surface area contributed by atoms with E-state index in [1.54, 1.807) is 24.0 Å². The number of rotatable bonds is 9. The predicted molar refractivity (Wildman–Crippen MR) is 139 cm³/mol. The molecule has 0 aromatic heterocycles. The maximum absolute atomic E-state index is 13.2. The first-order chi connectivity index (χ1) is 15.8. The third-order valence-corrected chi connectivity index (χ3v) is 7.84. The Kier molecular flexibility index (Phi) is 10.2. The number of amides is 2. The summed E-state index contributed by atoms with van der Waals surface area (Å²) in [6.07, 6.45) is 5.47. The zero-order valence-electron chi connectivity index (χ0n) is 18.7. The molecule has 0 bridgehead atoms. The Balaban J connectivity index is 1.67. The molecule has 3 rings (SSSR count). The van der Waals surface area contributed by atoms with E-state index in [1.807, 2.05) is 30.3 Å². The van der Waals surface area contributed by atoms with Crippen LogP contribution < -0.4 is 5.32 Å². The van der Waals surface area contributed by atoms with E-state index in [9.17, 15) is 9.59 Å². The molecule has 178 valence electrons. The maximum atomic E-state index is 13.2. The summed E-state index contributed by atoms with van der Waals surface area (Å²) in [6.45, 7) is 2.08. The van der Waals surface area contributed by atoms with Crippen LogP contribution in [-0.4, -0.2) is 34.6 Å². The predicted octanol–water partition coefficient (Wildman–Crippen LogP) is 6.75. The first-order valence-corrected chi connectivity index (χ1v) is 13.5. The average molecular weight is 528 g/mol. The van der Waals surface area contributed by atoms with Gasteiger partial charge in [-0.3, -0.25) is 9.59 Å². The Morgan fingerprint density at radius 1 is 1.00 bits per heavy atom. The van der Waals surface area contributed by atoms with E-state index in [0.29, 0.717) is 20.8 Å². The normalized spacial score (nSPS) is 15.2. The second kappa shape index (κ2) is 12.9. The van der Waals surface area contributed by atoms with Crippen molar-refractivity contribution in [2.45, 2.75) is 63.4 Å². The number of nitrogens with one attached hydrogen (secondary N) is 1. The largest absolute Gasteiger partial charge is 0.352 e. The van der Waals surface area contributed by atoms with Crippen molar-refractivity contribution in [1.29, 1.82) is 0 Å². The lowest BCUT2D eigenvalue weighted by Gasteiger charge is -2.31. The van der Waals surface area contributed by atoms with E-state index in [1.165, 1.54) is 18.2 Å². The van der Waals surface area contributed by atoms with Gasteiger partial charge in [0.15, 0.2) is 0 Å². The molecule has 2 aromatic carbocycles. The van der Waals surface area contributed by atoms with Crippen molar-refractivity contribution < 1.29 is 9.59 Å². The Morgan fingerprint density at radius 2 is 1.67 bits per heavy atom. The minimum Gasteiger partial charge on any atom is -0.352 e. The third-order valence-electron chi connectivity index (χ3n) is 5.86. The van der Waals surface area contributed by atoms with Gasteiger partial charge in [-0.05, 0) is 55.2 Å². The van der Waals surface area contributed by atoms with E-state index in [2.05, 4.69) is 5.32 Å². The van der Waals surface area contributed by atoms with Crippen molar-refractivity contribution in [1.82, 2.24) is 10.2 Å². The smallest absolute Gasteiger partial charge is 0.242 e. The second-order valence-corrected chi connectivity index (χ2v) is 10.6. The molecule has 0 saturated heterocycles. The third kappa shape index (κ3) is 8.10. The van der Waals surface area contributed by atoms with Crippen LogP contribution in [0.3, 0.4) is 0 Å². The molecule has 0 spiro atoms. The summed E-state index contributed by atoms with van der Waals surface area (Å²) < 4.78 is 0. The van der Waals surface area contributed by atoms with Crippen LogP contribution in [0, 0.1) is 0 Å². The highest BCUT2D eigenvalue weighted by Crippen LogP contribution is 2.25. The fourth-order valence-electron chi connectivity index (χ4n) is 3.91. The average Bonchev–Trinajstić information content (AvgIpc) is 2.81. The van der Waals surface area contributed by atoms with Gasteiger partial charge < -0.3 is 10.2 Å². The number of thioether (sulfide) groups is 1. The van der Waals surface area contributed by atoms with E-state index < -0.39 is 6.04 Å². The molecule has 4 nitrogen and oxygen atoms in total. The van der Waals surface area contributed by atoms with E-state index >= 15 is 0 Å². The number of nitrogens with zero attached hydrogens (tertiary/aromatic N) is 1. The second-order valence-electron chi connectivity index (χ2n) is 8.41. The number of hydrogen-bond donors (Lipinski definition) is 1. The molecule has 0 aliphatic heterocycles. The topological polar surface area (TPSA) is 49.4 Å². The van der Waals surface area contributed by atoms with Crippen LogP contribution in [0.15, 0.2) is 42.5 Å². The first kappa shape index (κ1) is 26.2. The highest BCUT2D eigenvalue weighted by atomic mass is 35.5. The molecular formula is C25H29Cl3N2O2S. The molecule has 0 unspecified atom stereocenters. The summed E-state index contributed by atoms with van der Waals surface area (Å²) in [5.41, 5.74) is 1.93. The zero-order chi connectivity index (χ0) is 23.8. The molecule has 2 amide bonds. The van der Waals surface area contributed by atoms with Crippen molar-refractivity contribution >= 4 is 58.4 Å². The highest BCUT2D eigenvalue weighted by molar-refractivity contribution is 7.99. The quantitative estimate of drug-likeness (QED) is 0.392. The van der Waals surface area contributed by atoms with Gasteiger partial charge in [-0.2, -0.15) is 0 Å². The molecule has 1 aliphatic rings. The van der Waals surface area contributed by atoms with Crippen LogP contribution in [0.4, 0.5) is 0 Å². The van der Waals surface area contributed by atoms with Gasteiger partial charge >= 0.3 is 0 Å². The molecule has 33 heavy (non-hydrogen) atoms. The van der Waals surface area contributed by atoms with Gasteiger partial charge in [0.1, 0.15) is 6.04 Å². The lowest BCUT2D eigenvalue weighted by Crippen LogP contribution is -2.50. The number of carbonyl (C=O) groups excluding carboxylic acids is 2. The van der Waals surface area contributed by atoms with Gasteiger partial charge in [-0.1, -0.05) is 72.3 Å². The molecule has 8 heteroatoms. The number of hydrogen-bond acceptors (Lipinski definition) is 3. The summed E-state index contributed by atoms with van der Waals surface area (Å²) in [4.78, 5) is 27.9. The number of halogens is 3. The van der Waals surface area contributed by atoms with Gasteiger partial charge in [-0.15, -0.1) is 11.8 Å². The lowest BCUT2D eigenvalue weighted by molar-refractivity contribution is -0.139. The van der Waals surface area contributed by atoms with E-state index in [4.69, 9.17) is 34.8 Å². The van der Waals surface area contributed by atoms with Gasteiger partial charge in [0, 0.05) is 23.4 Å². The zero-order valence-corrected chi connectivity index (χ0v) is 21.7. The van der Waals surface area contributed by atoms with Crippen LogP contribution in [0.1, 0.15) is 50.2 Å². The van der Waals surface area contributed by atoms with Crippen molar-refractivity contribution in [3.8, 4) is 0 Å². The highest BCUT2D eigenvalue weighted by Gasteiger charge is 2.28. The molecule has 0 heterocycles. The van der Waals surface area contributed by atoms with Crippen molar-refractivity contribution in [2.24, 2.45) is 0 Å². The van der Waals surface area contributed by atoms with Crippen LogP contribution in [-0.2, 0) is 21.9 Å². The van der Waals surface area contributed by atoms with E-state index in [0.717, 1.165) is 36.8 Å². The minimum absolute atomic E-state index is 0.0914. The van der Waals surface area contributed by atoms with Gasteiger partial charge in [-0.25, -0.2) is 0 Å². The van der Waals surface area contributed by atoms with E-state index in [-0.39, 0.29) is 30.2 Å². The Hall–Kier alpha value is -1.40. The molecule has 1 atom stereocenters. The lowest BCUT2D eigenvalue weighted by atomic mass is 9.95. The fourth-order valence-corrected chi connectivity index (χ4v) is 5.22. The summed E-state index contributed by atoms with van der Waals surface area (Å²) in [6, 6.07) is 12.5. The fraction of sp³-hybridized carbons (Fsp3) is 0.440. The molecule has 1 N–H and O–H groups in total. The Morgan fingerprint density at radius 3 is 2.33 bits per heavy atom. The maximum Gasteiger partial charge on any atom is 0.242 e. The SMILES string of the molecule is C[C@H](C(=O)NC1CCCCC1)N(Cc1ccc(Cl)c(Cl)c1)C(=O)CSCc1ccc(Cl)cc1. The summed E-state index contributed by atoms with van der Waals surface area (Å²) in [5, 5.41) is 4.72. The first-order valence-electron chi connectivity index (χ1n) is 11.2. The molecular weight excluding hydrogens is 499 g/mol. The van der Waals surface area contributed by atoms with Crippen molar-refractivity contribution in [3.63, 3.8) is 0 Å². The van der Waals surface area contributed by atoms with Crippen LogP contribution in [0.2, 0.25) is 15.1 Å². The molecule has 1 fully saturated rings. The van der Waals surface area contributed by atoms with Gasteiger partial charge in [0.25, 0.3) is 0 Å². The molecule has 1 saturated carbocycles. The number of benzene rings is 2. The Labute approximate surface area is 215 Å². The molecule has 1 aliphatic carbocycles. The standard InChI is InChI=1S/C25H29Cl3N2O2S/c1-17(25(32)29-21-5-3-2-4-6-21)30(14-19-9-12-22(27)23(28)13-19)24(31)16-33-15-18-7-10-20(26)11-8-18/h7-13,17,21H,2-6,14-16H2,1H3,(H,29,32)/t17-/m1/s1. The van der Waals surface area contributed by atoms with Gasteiger partial charge in [0.2, 0.25) is 11.8 Å². The van der Waals surface area contributed by atoms with Crippen molar-refractivity contribution in [2.75, 3.05) is 5.75 Å². The minimum atomic E-state index is -0.593. The van der Waals surface area contributed by atoms with Crippen LogP contribution in [0.25, 0.3) is 0 Å². The number of carbonyl (C=O) groups is 2. The Bertz CT molecular complexity index is 949. The monoisotopic (exact) mass is 526 g/mol. The summed E-state index contributed by atoms with van der Waals surface area (Å²) in [5.74, 6) is 0.751. The van der Waals surface area contributed by atoms with Crippen LogP contribution in [0.5, 0.6) is 0 Å². The molecule has 2 aromatic rings.